The summed E-state index contributed by atoms with van der Waals surface area (Å²) in [5.74, 6) is 0.520. The Hall–Kier alpha value is -1.62. The highest BCUT2D eigenvalue weighted by Crippen LogP contribution is 2.15. The van der Waals surface area contributed by atoms with Crippen LogP contribution in [0, 0.1) is 0 Å². The third kappa shape index (κ3) is 4.21. The summed E-state index contributed by atoms with van der Waals surface area (Å²) < 4.78 is 0. The molecule has 1 unspecified atom stereocenters. The van der Waals surface area contributed by atoms with Crippen LogP contribution in [0.3, 0.4) is 0 Å². The molecule has 1 atom stereocenters. The van der Waals surface area contributed by atoms with E-state index in [0.717, 1.165) is 18.7 Å². The molecule has 19 heavy (non-hydrogen) atoms. The molecule has 1 aliphatic rings. The number of nitrogens with two attached hydrogens (primary N) is 1. The van der Waals surface area contributed by atoms with Crippen molar-refractivity contribution in [2.75, 3.05) is 19.6 Å². The van der Waals surface area contributed by atoms with E-state index in [0.29, 0.717) is 18.5 Å². The molecule has 0 radical (unpaired) electrons. The highest BCUT2D eigenvalue weighted by molar-refractivity contribution is 5.77. The molecule has 1 aromatic rings. The lowest BCUT2D eigenvalue weighted by Crippen LogP contribution is -2.42. The van der Waals surface area contributed by atoms with E-state index in [1.54, 1.807) is 6.20 Å². The molecule has 1 fully saturated rings. The highest BCUT2D eigenvalue weighted by Gasteiger charge is 2.22. The molecule has 1 aromatic heterocycles. The second kappa shape index (κ2) is 7.09. The Morgan fingerprint density at radius 3 is 3.26 bits per heavy atom. The van der Waals surface area contributed by atoms with Crippen LogP contribution in [0.15, 0.2) is 29.5 Å². The third-order valence-electron chi connectivity index (χ3n) is 3.58. The van der Waals surface area contributed by atoms with Gasteiger partial charge in [-0.1, -0.05) is 13.0 Å². The first-order valence-electron chi connectivity index (χ1n) is 6.96. The standard InChI is InChI=1S/C14H23N5/c1-2-19-8-4-6-13(19)11-18-14(15)17-10-12-5-3-7-16-9-12/h3,5,7,9,13H,2,4,6,8,10-11H2,1H3,(H3,15,17,18). The molecule has 0 amide bonds. The molecule has 0 bridgehead atoms. The van der Waals surface area contributed by atoms with Gasteiger partial charge in [-0.3, -0.25) is 9.88 Å². The van der Waals surface area contributed by atoms with Crippen molar-refractivity contribution in [1.82, 2.24) is 15.2 Å². The molecular weight excluding hydrogens is 238 g/mol. The molecule has 0 aromatic carbocycles. The van der Waals surface area contributed by atoms with Crippen LogP contribution in [0.25, 0.3) is 0 Å². The number of hydrogen-bond donors (Lipinski definition) is 2. The van der Waals surface area contributed by atoms with Crippen molar-refractivity contribution in [3.8, 4) is 0 Å². The van der Waals surface area contributed by atoms with Gasteiger partial charge in [0.25, 0.3) is 0 Å². The van der Waals surface area contributed by atoms with E-state index in [4.69, 9.17) is 5.73 Å². The van der Waals surface area contributed by atoms with Crippen molar-refractivity contribution in [3.63, 3.8) is 0 Å². The minimum Gasteiger partial charge on any atom is -0.370 e. The second-order valence-corrected chi connectivity index (χ2v) is 4.87. The first-order chi connectivity index (χ1) is 9.29. The van der Waals surface area contributed by atoms with Crippen LogP contribution in [0.2, 0.25) is 0 Å². The second-order valence-electron chi connectivity index (χ2n) is 4.87. The molecule has 5 heteroatoms. The molecule has 5 nitrogen and oxygen atoms in total. The normalized spacial score (nSPS) is 20.7. The maximum atomic E-state index is 5.89. The SMILES string of the molecule is CCN1CCCC1CNC(N)=NCc1cccnc1. The van der Waals surface area contributed by atoms with Crippen LogP contribution in [-0.4, -0.2) is 41.5 Å². The first-order valence-corrected chi connectivity index (χ1v) is 6.96. The van der Waals surface area contributed by atoms with Crippen LogP contribution < -0.4 is 11.1 Å². The van der Waals surface area contributed by atoms with Gasteiger partial charge >= 0.3 is 0 Å². The monoisotopic (exact) mass is 261 g/mol. The third-order valence-corrected chi connectivity index (χ3v) is 3.58. The molecule has 2 rings (SSSR count). The van der Waals surface area contributed by atoms with E-state index < -0.39 is 0 Å². The Bertz CT molecular complexity index is 404. The van der Waals surface area contributed by atoms with Crippen molar-refractivity contribution in [2.24, 2.45) is 10.7 Å². The first kappa shape index (κ1) is 13.8. The molecule has 2 heterocycles. The number of aromatic nitrogens is 1. The summed E-state index contributed by atoms with van der Waals surface area (Å²) in [6.45, 7) is 5.98. The zero-order valence-corrected chi connectivity index (χ0v) is 11.5. The number of nitrogens with zero attached hydrogens (tertiary/aromatic N) is 3. The molecule has 1 saturated heterocycles. The maximum Gasteiger partial charge on any atom is 0.188 e. The van der Waals surface area contributed by atoms with Crippen molar-refractivity contribution in [1.29, 1.82) is 0 Å². The summed E-state index contributed by atoms with van der Waals surface area (Å²) in [6.07, 6.45) is 6.10. The predicted molar refractivity (Wildman–Crippen MR) is 77.8 cm³/mol. The van der Waals surface area contributed by atoms with Crippen molar-refractivity contribution in [2.45, 2.75) is 32.4 Å². The minimum atomic E-state index is 0.520. The number of aliphatic imine (C=N–C) groups is 1. The largest absolute Gasteiger partial charge is 0.370 e. The van der Waals surface area contributed by atoms with Crippen LogP contribution in [-0.2, 0) is 6.54 Å². The number of rotatable bonds is 5. The molecule has 1 aliphatic heterocycles. The van der Waals surface area contributed by atoms with E-state index in [1.165, 1.54) is 19.4 Å². The fraction of sp³-hybridized carbons (Fsp3) is 0.571. The van der Waals surface area contributed by atoms with Gasteiger partial charge in [0.15, 0.2) is 5.96 Å². The average molecular weight is 261 g/mol. The Kier molecular flexibility index (Phi) is 5.15. The molecule has 104 valence electrons. The maximum absolute atomic E-state index is 5.89. The van der Waals surface area contributed by atoms with Gasteiger partial charge in [-0.25, -0.2) is 4.99 Å². The topological polar surface area (TPSA) is 66.5 Å². The lowest BCUT2D eigenvalue weighted by molar-refractivity contribution is 0.267. The minimum absolute atomic E-state index is 0.520. The molecule has 3 N–H and O–H groups in total. The molecular formula is C14H23N5. The number of hydrogen-bond acceptors (Lipinski definition) is 3. The van der Waals surface area contributed by atoms with E-state index in [9.17, 15) is 0 Å². The van der Waals surface area contributed by atoms with Gasteiger partial charge in [0.2, 0.25) is 0 Å². The zero-order valence-electron chi connectivity index (χ0n) is 11.5. The fourth-order valence-electron chi connectivity index (χ4n) is 2.49. The smallest absolute Gasteiger partial charge is 0.188 e. The van der Waals surface area contributed by atoms with Crippen LogP contribution in [0.1, 0.15) is 25.3 Å². The fourth-order valence-corrected chi connectivity index (χ4v) is 2.49. The molecule has 0 saturated carbocycles. The van der Waals surface area contributed by atoms with E-state index in [-0.39, 0.29) is 0 Å². The summed E-state index contributed by atoms with van der Waals surface area (Å²) in [4.78, 5) is 10.9. The molecule has 0 aliphatic carbocycles. The van der Waals surface area contributed by atoms with Crippen LogP contribution >= 0.6 is 0 Å². The summed E-state index contributed by atoms with van der Waals surface area (Å²) in [7, 11) is 0. The van der Waals surface area contributed by atoms with Crippen molar-refractivity contribution >= 4 is 5.96 Å². The molecule has 0 spiro atoms. The Balaban J connectivity index is 1.76. The lowest BCUT2D eigenvalue weighted by Gasteiger charge is -2.23. The summed E-state index contributed by atoms with van der Waals surface area (Å²) in [6, 6.07) is 4.50. The predicted octanol–water partition coefficient (Wildman–Crippen LogP) is 0.970. The zero-order chi connectivity index (χ0) is 13.5. The van der Waals surface area contributed by atoms with Gasteiger partial charge < -0.3 is 11.1 Å². The van der Waals surface area contributed by atoms with Crippen LogP contribution in [0.5, 0.6) is 0 Å². The summed E-state index contributed by atoms with van der Waals surface area (Å²) >= 11 is 0. The van der Waals surface area contributed by atoms with Gasteiger partial charge in [-0.05, 0) is 37.6 Å². The Labute approximate surface area is 114 Å². The van der Waals surface area contributed by atoms with E-state index >= 15 is 0 Å². The van der Waals surface area contributed by atoms with Crippen molar-refractivity contribution < 1.29 is 0 Å². The lowest BCUT2D eigenvalue weighted by atomic mass is 10.2. The number of guanidine groups is 1. The number of likely N-dealkylation sites (N-methyl/N-ethyl adjacent to an activating group) is 1. The Morgan fingerprint density at radius 1 is 1.63 bits per heavy atom. The Morgan fingerprint density at radius 2 is 2.53 bits per heavy atom. The summed E-state index contributed by atoms with van der Waals surface area (Å²) in [5, 5.41) is 3.22. The van der Waals surface area contributed by atoms with Gasteiger partial charge in [0, 0.05) is 25.0 Å². The number of pyridine rings is 1. The van der Waals surface area contributed by atoms with Gasteiger partial charge in [-0.2, -0.15) is 0 Å². The van der Waals surface area contributed by atoms with Gasteiger partial charge in [0.1, 0.15) is 0 Å². The highest BCUT2D eigenvalue weighted by atomic mass is 15.2. The summed E-state index contributed by atoms with van der Waals surface area (Å²) in [5.41, 5.74) is 6.96. The van der Waals surface area contributed by atoms with Crippen molar-refractivity contribution in [3.05, 3.63) is 30.1 Å². The quantitative estimate of drug-likeness (QED) is 0.612. The average Bonchev–Trinajstić information content (AvgIpc) is 2.91. The van der Waals surface area contributed by atoms with Gasteiger partial charge in [0.05, 0.1) is 6.54 Å². The van der Waals surface area contributed by atoms with E-state index in [2.05, 4.69) is 27.1 Å². The van der Waals surface area contributed by atoms with Crippen LogP contribution in [0.4, 0.5) is 0 Å². The number of nitrogens with one attached hydrogen (secondary N) is 1. The number of likely N-dealkylation sites (tertiary alicyclic amines) is 1. The van der Waals surface area contributed by atoms with Gasteiger partial charge in [-0.15, -0.1) is 0 Å². The van der Waals surface area contributed by atoms with E-state index in [1.807, 2.05) is 18.3 Å².